The van der Waals surface area contributed by atoms with Crippen LogP contribution in [0, 0.1) is 0 Å². The average Bonchev–Trinajstić information content (AvgIpc) is 3.31. The van der Waals surface area contributed by atoms with Crippen LogP contribution in [0.1, 0.15) is 34.6 Å². The number of nitrogens with zero attached hydrogens (tertiary/aromatic N) is 1. The van der Waals surface area contributed by atoms with E-state index in [4.69, 9.17) is 0 Å². The number of carbonyl (C=O) groups excluding carboxylic acids is 2. The summed E-state index contributed by atoms with van der Waals surface area (Å²) in [5, 5.41) is 4.46. The number of amides is 2. The highest BCUT2D eigenvalue weighted by Crippen LogP contribution is 2.21. The summed E-state index contributed by atoms with van der Waals surface area (Å²) < 4.78 is 27.3. The summed E-state index contributed by atoms with van der Waals surface area (Å²) in [5.41, 5.74) is 1.72. The fraction of sp³-hybridized carbons (Fsp3) is 0.182. The van der Waals surface area contributed by atoms with Gasteiger partial charge in [0.1, 0.15) is 4.21 Å². The second kappa shape index (κ2) is 9.76. The lowest BCUT2D eigenvalue weighted by Gasteiger charge is -2.19. The van der Waals surface area contributed by atoms with Gasteiger partial charge in [-0.05, 0) is 67.8 Å². The van der Waals surface area contributed by atoms with Crippen molar-refractivity contribution in [1.82, 2.24) is 4.90 Å². The van der Waals surface area contributed by atoms with Gasteiger partial charge >= 0.3 is 0 Å². The van der Waals surface area contributed by atoms with Gasteiger partial charge in [0, 0.05) is 35.6 Å². The van der Waals surface area contributed by atoms with Crippen LogP contribution >= 0.6 is 11.3 Å². The van der Waals surface area contributed by atoms with Crippen molar-refractivity contribution in [3.63, 3.8) is 0 Å². The first kappa shape index (κ1) is 22.5. The Bertz CT molecular complexity index is 1150. The number of nitrogens with one attached hydrogen (secondary N) is 2. The molecule has 2 aromatic carbocycles. The Labute approximate surface area is 185 Å². The van der Waals surface area contributed by atoms with E-state index in [9.17, 15) is 18.0 Å². The Morgan fingerprint density at radius 3 is 2.23 bits per heavy atom. The number of carbonyl (C=O) groups is 2. The fourth-order valence-corrected chi connectivity index (χ4v) is 4.99. The van der Waals surface area contributed by atoms with Crippen LogP contribution in [-0.2, 0) is 10.0 Å². The van der Waals surface area contributed by atoms with E-state index in [1.807, 2.05) is 13.8 Å². The maximum atomic E-state index is 12.6. The van der Waals surface area contributed by atoms with E-state index in [1.54, 1.807) is 40.6 Å². The molecule has 2 amide bonds. The van der Waals surface area contributed by atoms with Gasteiger partial charge in [-0.3, -0.25) is 14.3 Å². The van der Waals surface area contributed by atoms with E-state index in [0.717, 1.165) is 11.3 Å². The molecule has 0 bridgehead atoms. The zero-order chi connectivity index (χ0) is 22.4. The Morgan fingerprint density at radius 1 is 0.903 bits per heavy atom. The predicted molar refractivity (Wildman–Crippen MR) is 123 cm³/mol. The highest BCUT2D eigenvalue weighted by Gasteiger charge is 2.16. The monoisotopic (exact) mass is 457 g/mol. The van der Waals surface area contributed by atoms with Gasteiger partial charge in [-0.25, -0.2) is 8.42 Å². The summed E-state index contributed by atoms with van der Waals surface area (Å²) in [6.07, 6.45) is 0. The summed E-state index contributed by atoms with van der Waals surface area (Å²) >= 11 is 1.12. The lowest BCUT2D eigenvalue weighted by molar-refractivity contribution is 0.0772. The van der Waals surface area contributed by atoms with Crippen LogP contribution in [0.5, 0.6) is 0 Å². The maximum absolute atomic E-state index is 12.6. The Morgan fingerprint density at radius 2 is 1.61 bits per heavy atom. The molecular formula is C22H23N3O4S2. The highest BCUT2D eigenvalue weighted by molar-refractivity contribution is 7.94. The summed E-state index contributed by atoms with van der Waals surface area (Å²) in [5.74, 6) is -0.455. The summed E-state index contributed by atoms with van der Waals surface area (Å²) in [4.78, 5) is 26.8. The molecule has 0 spiro atoms. The van der Waals surface area contributed by atoms with Gasteiger partial charge in [0.05, 0.1) is 0 Å². The minimum absolute atomic E-state index is 0.0940. The third-order valence-corrected chi connectivity index (χ3v) is 7.36. The van der Waals surface area contributed by atoms with Gasteiger partial charge in [-0.2, -0.15) is 0 Å². The topological polar surface area (TPSA) is 95.6 Å². The zero-order valence-electron chi connectivity index (χ0n) is 17.2. The predicted octanol–water partition coefficient (Wildman–Crippen LogP) is 4.28. The highest BCUT2D eigenvalue weighted by atomic mass is 32.2. The third kappa shape index (κ3) is 5.50. The molecule has 3 rings (SSSR count). The number of hydrogen-bond acceptors (Lipinski definition) is 5. The molecule has 2 N–H and O–H groups in total. The first-order valence-electron chi connectivity index (χ1n) is 9.71. The van der Waals surface area contributed by atoms with Gasteiger partial charge in [0.2, 0.25) is 0 Å². The van der Waals surface area contributed by atoms with Crippen molar-refractivity contribution in [3.8, 4) is 0 Å². The van der Waals surface area contributed by atoms with Gasteiger partial charge in [-0.15, -0.1) is 11.3 Å². The summed E-state index contributed by atoms with van der Waals surface area (Å²) in [6.45, 7) is 5.04. The van der Waals surface area contributed by atoms with Crippen LogP contribution in [0.15, 0.2) is 70.3 Å². The lowest BCUT2D eigenvalue weighted by Crippen LogP contribution is -2.30. The molecule has 3 aromatic rings. The van der Waals surface area contributed by atoms with E-state index in [2.05, 4.69) is 10.0 Å². The number of anilines is 2. The molecular weight excluding hydrogens is 434 g/mol. The molecule has 31 heavy (non-hydrogen) atoms. The minimum atomic E-state index is -3.64. The number of hydrogen-bond donors (Lipinski definition) is 2. The van der Waals surface area contributed by atoms with Crippen molar-refractivity contribution in [3.05, 3.63) is 77.2 Å². The fourth-order valence-electron chi connectivity index (χ4n) is 2.94. The zero-order valence-corrected chi connectivity index (χ0v) is 18.8. The van der Waals surface area contributed by atoms with Crippen molar-refractivity contribution in [1.29, 1.82) is 0 Å². The standard InChI is InChI=1S/C22H23N3O4S2/c1-3-25(4-2)22(27)17-7-5-8-19(15-17)23-21(26)16-10-12-18(13-11-16)24-31(28,29)20-9-6-14-30-20/h5-15,24H,3-4H2,1-2H3,(H,23,26). The van der Waals surface area contributed by atoms with E-state index in [1.165, 1.54) is 30.3 Å². The van der Waals surface area contributed by atoms with Crippen molar-refractivity contribution < 1.29 is 18.0 Å². The Kier molecular flexibility index (Phi) is 7.09. The van der Waals surface area contributed by atoms with Gasteiger partial charge in [-0.1, -0.05) is 12.1 Å². The van der Waals surface area contributed by atoms with Crippen LogP contribution < -0.4 is 10.0 Å². The molecule has 1 aromatic heterocycles. The SMILES string of the molecule is CCN(CC)C(=O)c1cccc(NC(=O)c2ccc(NS(=O)(=O)c3cccs3)cc2)c1. The Balaban J connectivity index is 1.69. The van der Waals surface area contributed by atoms with Crippen LogP contribution in [0.2, 0.25) is 0 Å². The van der Waals surface area contributed by atoms with E-state index < -0.39 is 10.0 Å². The van der Waals surface area contributed by atoms with Crippen LogP contribution in [0.25, 0.3) is 0 Å². The minimum Gasteiger partial charge on any atom is -0.339 e. The molecule has 0 unspecified atom stereocenters. The quantitative estimate of drug-likeness (QED) is 0.528. The van der Waals surface area contributed by atoms with Crippen LogP contribution in [-0.4, -0.2) is 38.2 Å². The number of benzene rings is 2. The first-order valence-corrected chi connectivity index (χ1v) is 12.1. The molecule has 162 valence electrons. The number of thiophene rings is 1. The summed E-state index contributed by atoms with van der Waals surface area (Å²) in [7, 11) is -3.64. The first-order chi connectivity index (χ1) is 14.8. The lowest BCUT2D eigenvalue weighted by atomic mass is 10.1. The van der Waals surface area contributed by atoms with E-state index in [-0.39, 0.29) is 16.0 Å². The normalized spacial score (nSPS) is 11.0. The molecule has 0 saturated heterocycles. The molecule has 0 aliphatic rings. The van der Waals surface area contributed by atoms with Gasteiger partial charge in [0.15, 0.2) is 0 Å². The molecule has 0 saturated carbocycles. The molecule has 0 fully saturated rings. The second-order valence-electron chi connectivity index (χ2n) is 6.63. The van der Waals surface area contributed by atoms with Gasteiger partial charge in [0.25, 0.3) is 21.8 Å². The smallest absolute Gasteiger partial charge is 0.271 e. The largest absolute Gasteiger partial charge is 0.339 e. The molecule has 0 aliphatic carbocycles. The molecule has 0 radical (unpaired) electrons. The number of sulfonamides is 1. The molecule has 0 aliphatic heterocycles. The average molecular weight is 458 g/mol. The Hall–Kier alpha value is -3.17. The van der Waals surface area contributed by atoms with Crippen molar-refractivity contribution >= 4 is 44.5 Å². The van der Waals surface area contributed by atoms with Crippen molar-refractivity contribution in [2.75, 3.05) is 23.1 Å². The second-order valence-corrected chi connectivity index (χ2v) is 9.48. The number of rotatable bonds is 8. The molecule has 1 heterocycles. The summed E-state index contributed by atoms with van der Waals surface area (Å²) in [6, 6.07) is 16.1. The van der Waals surface area contributed by atoms with E-state index in [0.29, 0.717) is 35.6 Å². The van der Waals surface area contributed by atoms with Gasteiger partial charge < -0.3 is 10.2 Å². The van der Waals surface area contributed by atoms with Crippen molar-refractivity contribution in [2.24, 2.45) is 0 Å². The van der Waals surface area contributed by atoms with E-state index >= 15 is 0 Å². The van der Waals surface area contributed by atoms with Crippen LogP contribution in [0.4, 0.5) is 11.4 Å². The molecule has 9 heteroatoms. The molecule has 7 nitrogen and oxygen atoms in total. The van der Waals surface area contributed by atoms with Crippen molar-refractivity contribution in [2.45, 2.75) is 18.1 Å². The third-order valence-electron chi connectivity index (χ3n) is 4.58. The van der Waals surface area contributed by atoms with Crippen LogP contribution in [0.3, 0.4) is 0 Å². The maximum Gasteiger partial charge on any atom is 0.271 e. The molecule has 0 atom stereocenters.